The SMILES string of the molecule is CCCN(C(=O)NCc1ccc(F)cc1)N1CC(=O)N2[C@@H](Cc3ccc(NC)cc3)C(=O)N(Cc3cccc4ccccc34)C[C@@H]21. The van der Waals surface area contributed by atoms with Gasteiger partial charge in [-0.2, -0.15) is 5.01 Å². The molecule has 6 rings (SSSR count). The molecular formula is C36H39FN6O3. The minimum atomic E-state index is -0.725. The van der Waals surface area contributed by atoms with Gasteiger partial charge in [0.1, 0.15) is 18.0 Å². The molecule has 2 fully saturated rings. The quantitative estimate of drug-likeness (QED) is 0.261. The summed E-state index contributed by atoms with van der Waals surface area (Å²) in [5.74, 6) is -0.641. The van der Waals surface area contributed by atoms with Crippen molar-refractivity contribution >= 4 is 34.3 Å². The van der Waals surface area contributed by atoms with E-state index in [-0.39, 0.29) is 43.3 Å². The number of nitrogens with zero attached hydrogens (tertiary/aromatic N) is 4. The zero-order chi connectivity index (χ0) is 32.2. The second-order valence-electron chi connectivity index (χ2n) is 11.8. The Hall–Kier alpha value is -4.96. The molecule has 0 aliphatic carbocycles. The minimum Gasteiger partial charge on any atom is -0.388 e. The van der Waals surface area contributed by atoms with E-state index in [4.69, 9.17) is 0 Å². The van der Waals surface area contributed by atoms with Gasteiger partial charge >= 0.3 is 6.03 Å². The number of halogens is 1. The Balaban J connectivity index is 1.31. The summed E-state index contributed by atoms with van der Waals surface area (Å²) < 4.78 is 13.4. The highest BCUT2D eigenvalue weighted by Gasteiger charge is 2.52. The van der Waals surface area contributed by atoms with Gasteiger partial charge in [-0.25, -0.2) is 9.18 Å². The van der Waals surface area contributed by atoms with Gasteiger partial charge < -0.3 is 20.4 Å². The van der Waals surface area contributed by atoms with Crippen molar-refractivity contribution in [2.75, 3.05) is 32.0 Å². The van der Waals surface area contributed by atoms with Crippen LogP contribution in [0.25, 0.3) is 10.8 Å². The van der Waals surface area contributed by atoms with Crippen LogP contribution in [0.1, 0.15) is 30.0 Å². The third-order valence-corrected chi connectivity index (χ3v) is 8.82. The number of nitrogens with one attached hydrogen (secondary N) is 2. The van der Waals surface area contributed by atoms with Gasteiger partial charge in [-0.15, -0.1) is 0 Å². The van der Waals surface area contributed by atoms with Gasteiger partial charge in [0.2, 0.25) is 11.8 Å². The first-order chi connectivity index (χ1) is 22.4. The number of fused-ring (bicyclic) bond motifs is 2. The molecule has 0 aromatic heterocycles. The van der Waals surface area contributed by atoms with Crippen molar-refractivity contribution in [1.29, 1.82) is 0 Å². The van der Waals surface area contributed by atoms with Crippen LogP contribution >= 0.6 is 0 Å². The number of benzene rings is 4. The Morgan fingerprint density at radius 3 is 2.39 bits per heavy atom. The third kappa shape index (κ3) is 6.39. The Morgan fingerprint density at radius 1 is 0.935 bits per heavy atom. The monoisotopic (exact) mass is 622 g/mol. The fourth-order valence-corrected chi connectivity index (χ4v) is 6.49. The zero-order valence-electron chi connectivity index (χ0n) is 26.2. The van der Waals surface area contributed by atoms with Crippen LogP contribution in [0.15, 0.2) is 91.0 Å². The molecule has 0 saturated carbocycles. The van der Waals surface area contributed by atoms with Crippen molar-refractivity contribution in [3.05, 3.63) is 114 Å². The number of carbonyl (C=O) groups is 3. The Labute approximate surface area is 268 Å². The molecule has 2 saturated heterocycles. The van der Waals surface area contributed by atoms with Gasteiger partial charge in [-0.3, -0.25) is 14.6 Å². The predicted octanol–water partition coefficient (Wildman–Crippen LogP) is 4.98. The molecule has 2 atom stereocenters. The van der Waals surface area contributed by atoms with Crippen LogP contribution in [-0.4, -0.2) is 76.6 Å². The van der Waals surface area contributed by atoms with Crippen molar-refractivity contribution in [1.82, 2.24) is 25.1 Å². The number of piperazine rings is 1. The van der Waals surface area contributed by atoms with E-state index in [0.717, 1.165) is 33.2 Å². The van der Waals surface area contributed by atoms with E-state index in [1.807, 2.05) is 72.4 Å². The molecule has 0 spiro atoms. The molecular weight excluding hydrogens is 583 g/mol. The number of anilines is 1. The second kappa shape index (κ2) is 13.6. The van der Waals surface area contributed by atoms with E-state index in [9.17, 15) is 18.8 Å². The highest BCUT2D eigenvalue weighted by Crippen LogP contribution is 2.31. The number of amides is 4. The van der Waals surface area contributed by atoms with Gasteiger partial charge in [-0.05, 0) is 58.1 Å². The summed E-state index contributed by atoms with van der Waals surface area (Å²) in [6, 6.07) is 27.0. The summed E-state index contributed by atoms with van der Waals surface area (Å²) in [4.78, 5) is 45.2. The first-order valence-corrected chi connectivity index (χ1v) is 15.8. The van der Waals surface area contributed by atoms with Gasteiger partial charge in [0, 0.05) is 38.8 Å². The highest BCUT2D eigenvalue weighted by molar-refractivity contribution is 5.92. The van der Waals surface area contributed by atoms with Crippen LogP contribution < -0.4 is 10.6 Å². The summed E-state index contributed by atoms with van der Waals surface area (Å²) in [6.07, 6.45) is 0.501. The Kier molecular flexibility index (Phi) is 9.16. The van der Waals surface area contributed by atoms with E-state index in [1.54, 1.807) is 22.0 Å². The molecule has 4 aromatic rings. The lowest BCUT2D eigenvalue weighted by Gasteiger charge is -2.46. The molecule has 0 radical (unpaired) electrons. The van der Waals surface area contributed by atoms with Crippen LogP contribution in [0.2, 0.25) is 0 Å². The Morgan fingerprint density at radius 2 is 1.65 bits per heavy atom. The molecule has 2 aliphatic heterocycles. The average molecular weight is 623 g/mol. The predicted molar refractivity (Wildman–Crippen MR) is 176 cm³/mol. The molecule has 4 amide bonds. The molecule has 0 bridgehead atoms. The molecule has 10 heteroatoms. The second-order valence-corrected chi connectivity index (χ2v) is 11.8. The van der Waals surface area contributed by atoms with Crippen molar-refractivity contribution in [3.8, 4) is 0 Å². The number of rotatable bonds is 10. The third-order valence-electron chi connectivity index (χ3n) is 8.82. The maximum Gasteiger partial charge on any atom is 0.332 e. The normalized spacial score (nSPS) is 18.2. The average Bonchev–Trinajstić information content (AvgIpc) is 3.40. The van der Waals surface area contributed by atoms with Gasteiger partial charge in [0.25, 0.3) is 0 Å². The van der Waals surface area contributed by atoms with Crippen molar-refractivity contribution < 1.29 is 18.8 Å². The fraction of sp³-hybridized carbons (Fsp3) is 0.306. The smallest absolute Gasteiger partial charge is 0.332 e. The molecule has 238 valence electrons. The van der Waals surface area contributed by atoms with E-state index in [2.05, 4.69) is 28.8 Å². The summed E-state index contributed by atoms with van der Waals surface area (Å²) in [7, 11) is 1.85. The first kappa shape index (κ1) is 31.0. The summed E-state index contributed by atoms with van der Waals surface area (Å²) in [5.41, 5.74) is 3.69. The molecule has 2 aliphatic rings. The number of hydrazine groups is 1. The lowest BCUT2D eigenvalue weighted by atomic mass is 9.98. The maximum atomic E-state index is 14.3. The van der Waals surface area contributed by atoms with Crippen LogP contribution in [0.3, 0.4) is 0 Å². The Bertz CT molecular complexity index is 1710. The molecule has 46 heavy (non-hydrogen) atoms. The number of hydrogen-bond acceptors (Lipinski definition) is 5. The number of carbonyl (C=O) groups excluding carboxylic acids is 3. The lowest BCUT2D eigenvalue weighted by molar-refractivity contribution is -0.157. The van der Waals surface area contributed by atoms with Gasteiger partial charge in [-0.1, -0.05) is 73.7 Å². The van der Waals surface area contributed by atoms with E-state index in [1.165, 1.54) is 12.1 Å². The van der Waals surface area contributed by atoms with Crippen molar-refractivity contribution in [2.45, 2.75) is 45.1 Å². The number of urea groups is 1. The minimum absolute atomic E-state index is 0.0147. The van der Waals surface area contributed by atoms with Gasteiger partial charge in [0.05, 0.1) is 13.1 Å². The van der Waals surface area contributed by atoms with Crippen LogP contribution in [0.4, 0.5) is 14.9 Å². The van der Waals surface area contributed by atoms with Gasteiger partial charge in [0.15, 0.2) is 0 Å². The highest BCUT2D eigenvalue weighted by atomic mass is 19.1. The molecule has 2 N–H and O–H groups in total. The molecule has 9 nitrogen and oxygen atoms in total. The molecule has 0 unspecified atom stereocenters. The summed E-state index contributed by atoms with van der Waals surface area (Å²) >= 11 is 0. The number of hydrogen-bond donors (Lipinski definition) is 2. The first-order valence-electron chi connectivity index (χ1n) is 15.8. The van der Waals surface area contributed by atoms with Crippen molar-refractivity contribution in [2.24, 2.45) is 0 Å². The van der Waals surface area contributed by atoms with Crippen LogP contribution in [0, 0.1) is 5.82 Å². The van der Waals surface area contributed by atoms with Crippen LogP contribution in [0.5, 0.6) is 0 Å². The summed E-state index contributed by atoms with van der Waals surface area (Å²) in [6.45, 7) is 3.21. The van der Waals surface area contributed by atoms with Crippen molar-refractivity contribution in [3.63, 3.8) is 0 Å². The van der Waals surface area contributed by atoms with E-state index in [0.29, 0.717) is 25.9 Å². The largest absolute Gasteiger partial charge is 0.388 e. The van der Waals surface area contributed by atoms with E-state index >= 15 is 0 Å². The fourth-order valence-electron chi connectivity index (χ4n) is 6.49. The topological polar surface area (TPSA) is 88.2 Å². The summed E-state index contributed by atoms with van der Waals surface area (Å²) in [5, 5.41) is 11.6. The maximum absolute atomic E-state index is 14.3. The van der Waals surface area contributed by atoms with E-state index < -0.39 is 12.2 Å². The zero-order valence-corrected chi connectivity index (χ0v) is 26.2. The molecule has 2 heterocycles. The standard InChI is InChI=1S/C36H39FN6O3/c1-3-19-41(36(46)39-21-26-11-15-29(37)16-12-26)42-24-34(44)43-32(20-25-13-17-30(38-2)18-14-25)35(45)40(23-33(42)43)22-28-9-6-8-27-7-4-5-10-31(27)28/h4-18,32-33,38H,3,19-24H2,1-2H3,(H,39,46)/t32-,33+/m0/s1. The van der Waals surface area contributed by atoms with Crippen LogP contribution in [-0.2, 0) is 29.1 Å². The molecule has 4 aromatic carbocycles. The lowest BCUT2D eigenvalue weighted by Crippen LogP contribution is -2.66.